The number of rotatable bonds is 2. The van der Waals surface area contributed by atoms with E-state index < -0.39 is 12.1 Å². The third kappa shape index (κ3) is 4.64. The lowest BCUT2D eigenvalue weighted by Gasteiger charge is -2.28. The summed E-state index contributed by atoms with van der Waals surface area (Å²) in [6.07, 6.45) is 2.10. The summed E-state index contributed by atoms with van der Waals surface area (Å²) in [5, 5.41) is 11.3. The fourth-order valence-corrected chi connectivity index (χ4v) is 2.88. The Kier molecular flexibility index (Phi) is 5.85. The number of aryl methyl sites for hydroxylation is 1. The van der Waals surface area contributed by atoms with Crippen molar-refractivity contribution in [2.45, 2.75) is 19.3 Å². The van der Waals surface area contributed by atoms with Crippen molar-refractivity contribution in [1.29, 1.82) is 0 Å². The van der Waals surface area contributed by atoms with Crippen molar-refractivity contribution in [1.82, 2.24) is 29.2 Å². The minimum atomic E-state index is -5.08. The van der Waals surface area contributed by atoms with Gasteiger partial charge >= 0.3 is 12.1 Å². The fourth-order valence-electron chi connectivity index (χ4n) is 2.88. The molecule has 1 amide bonds. The van der Waals surface area contributed by atoms with Gasteiger partial charge in [-0.1, -0.05) is 0 Å². The van der Waals surface area contributed by atoms with E-state index in [9.17, 15) is 18.0 Å². The summed E-state index contributed by atoms with van der Waals surface area (Å²) in [6, 6.07) is 5.68. The van der Waals surface area contributed by atoms with E-state index in [1.54, 1.807) is 41.3 Å². The Hall–Kier alpha value is -3.70. The number of halogens is 3. The topological polar surface area (TPSA) is 106 Å². The fraction of sp³-hybridized carbons (Fsp3) is 0.278. The van der Waals surface area contributed by atoms with E-state index in [0.717, 1.165) is 23.6 Å². The van der Waals surface area contributed by atoms with Crippen LogP contribution in [-0.4, -0.2) is 58.9 Å². The Labute approximate surface area is 168 Å². The molecule has 1 aliphatic heterocycles. The molecule has 4 rings (SSSR count). The lowest BCUT2D eigenvalue weighted by Crippen LogP contribution is -2.38. The van der Waals surface area contributed by atoms with Crippen LogP contribution in [-0.2, 0) is 24.9 Å². The molecule has 0 saturated carbocycles. The molecule has 4 heterocycles. The highest BCUT2D eigenvalue weighted by Crippen LogP contribution is 2.24. The average molecular weight is 422 g/mol. The van der Waals surface area contributed by atoms with Gasteiger partial charge in [-0.2, -0.15) is 18.3 Å². The predicted octanol–water partition coefficient (Wildman–Crippen LogP) is 1.97. The molecule has 0 aromatic carbocycles. The van der Waals surface area contributed by atoms with E-state index in [4.69, 9.17) is 9.90 Å². The third-order valence-corrected chi connectivity index (χ3v) is 4.30. The first-order valence-corrected chi connectivity index (χ1v) is 8.70. The van der Waals surface area contributed by atoms with Crippen LogP contribution in [0, 0.1) is 0 Å². The lowest BCUT2D eigenvalue weighted by molar-refractivity contribution is -0.192. The number of fused-ring (bicyclic) bond motifs is 1. The second-order valence-electron chi connectivity index (χ2n) is 6.35. The van der Waals surface area contributed by atoms with Crippen LogP contribution < -0.4 is 0 Å². The van der Waals surface area contributed by atoms with Gasteiger partial charge in [-0.25, -0.2) is 9.78 Å². The Morgan fingerprint density at radius 1 is 1.13 bits per heavy atom. The van der Waals surface area contributed by atoms with Crippen molar-refractivity contribution < 1.29 is 27.9 Å². The number of nitrogens with zero attached hydrogens (tertiary/aromatic N) is 6. The maximum Gasteiger partial charge on any atom is 0.490 e. The smallest absolute Gasteiger partial charge is 0.475 e. The minimum absolute atomic E-state index is 0.0506. The van der Waals surface area contributed by atoms with Gasteiger partial charge in [0.1, 0.15) is 11.5 Å². The molecule has 0 unspecified atom stereocenters. The highest BCUT2D eigenvalue weighted by Gasteiger charge is 2.38. The number of hydrogen-bond acceptors (Lipinski definition) is 5. The summed E-state index contributed by atoms with van der Waals surface area (Å²) < 4.78 is 35.5. The molecule has 30 heavy (non-hydrogen) atoms. The number of alkyl halides is 3. The lowest BCUT2D eigenvalue weighted by atomic mass is 10.2. The Bertz CT molecular complexity index is 1050. The first-order chi connectivity index (χ1) is 14.2. The molecule has 0 radical (unpaired) electrons. The van der Waals surface area contributed by atoms with Crippen LogP contribution in [0.1, 0.15) is 16.3 Å². The third-order valence-electron chi connectivity index (χ3n) is 4.30. The van der Waals surface area contributed by atoms with Gasteiger partial charge < -0.3 is 14.6 Å². The summed E-state index contributed by atoms with van der Waals surface area (Å²) in [7, 11) is 1.81. The molecule has 0 saturated heterocycles. The van der Waals surface area contributed by atoms with Gasteiger partial charge in [-0.3, -0.25) is 14.5 Å². The van der Waals surface area contributed by atoms with Crippen molar-refractivity contribution in [3.05, 3.63) is 54.5 Å². The molecule has 9 nitrogen and oxygen atoms in total. The monoisotopic (exact) mass is 422 g/mol. The number of aromatic nitrogens is 5. The van der Waals surface area contributed by atoms with E-state index in [-0.39, 0.29) is 5.91 Å². The molecule has 3 aromatic rings. The van der Waals surface area contributed by atoms with Gasteiger partial charge in [0.25, 0.3) is 5.91 Å². The molecule has 0 bridgehead atoms. The molecular formula is C18H17F3N6O3. The average Bonchev–Trinajstić information content (AvgIpc) is 3.33. The summed E-state index contributed by atoms with van der Waals surface area (Å²) in [4.78, 5) is 31.7. The van der Waals surface area contributed by atoms with E-state index in [2.05, 4.69) is 19.6 Å². The van der Waals surface area contributed by atoms with Crippen LogP contribution >= 0.6 is 0 Å². The number of carboxylic acid groups (broad SMARTS) is 1. The van der Waals surface area contributed by atoms with Gasteiger partial charge in [-0.05, 0) is 18.2 Å². The molecule has 0 spiro atoms. The molecule has 1 aliphatic rings. The van der Waals surface area contributed by atoms with Crippen LogP contribution in [0.3, 0.4) is 0 Å². The highest BCUT2D eigenvalue weighted by atomic mass is 19.4. The zero-order chi connectivity index (χ0) is 21.9. The highest BCUT2D eigenvalue weighted by molar-refractivity contribution is 5.92. The Balaban J connectivity index is 0.000000318. The van der Waals surface area contributed by atoms with E-state index in [0.29, 0.717) is 18.8 Å². The molecule has 0 aliphatic carbocycles. The molecular weight excluding hydrogens is 405 g/mol. The van der Waals surface area contributed by atoms with Crippen LogP contribution in [0.2, 0.25) is 0 Å². The van der Waals surface area contributed by atoms with Gasteiger partial charge in [0, 0.05) is 44.3 Å². The van der Waals surface area contributed by atoms with E-state index in [1.165, 1.54) is 0 Å². The molecule has 0 fully saturated rings. The molecule has 3 aromatic heterocycles. The SMILES string of the molecule is Cn1ccc(C(=O)N2CCn3c(-c4ccncc4)cnc3C2)n1.O=C(O)C(F)(F)F. The van der Waals surface area contributed by atoms with Crippen LogP contribution in [0.25, 0.3) is 11.3 Å². The van der Waals surface area contributed by atoms with Crippen molar-refractivity contribution in [3.63, 3.8) is 0 Å². The number of aliphatic carboxylic acids is 1. The normalized spacial score (nSPS) is 13.3. The van der Waals surface area contributed by atoms with Crippen molar-refractivity contribution in [2.75, 3.05) is 6.54 Å². The molecule has 1 N–H and O–H groups in total. The number of amides is 1. The summed E-state index contributed by atoms with van der Waals surface area (Å²) in [6.45, 7) is 1.88. The molecule has 12 heteroatoms. The van der Waals surface area contributed by atoms with Gasteiger partial charge in [0.15, 0.2) is 0 Å². The number of imidazole rings is 1. The Morgan fingerprint density at radius 3 is 2.37 bits per heavy atom. The molecule has 158 valence electrons. The maximum absolute atomic E-state index is 12.5. The minimum Gasteiger partial charge on any atom is -0.475 e. The van der Waals surface area contributed by atoms with Crippen LogP contribution in [0.5, 0.6) is 0 Å². The van der Waals surface area contributed by atoms with Gasteiger partial charge in [0.2, 0.25) is 0 Å². The predicted molar refractivity (Wildman–Crippen MR) is 97.1 cm³/mol. The number of carbonyl (C=O) groups is 2. The number of pyridine rings is 1. The van der Waals surface area contributed by atoms with Crippen LogP contribution in [0.4, 0.5) is 13.2 Å². The first kappa shape index (κ1) is 21.0. The van der Waals surface area contributed by atoms with Crippen molar-refractivity contribution in [2.24, 2.45) is 7.05 Å². The number of carbonyl (C=O) groups excluding carboxylic acids is 1. The maximum atomic E-state index is 12.5. The summed E-state index contributed by atoms with van der Waals surface area (Å²) in [5.41, 5.74) is 2.62. The van der Waals surface area contributed by atoms with Gasteiger partial charge in [0.05, 0.1) is 18.4 Å². The molecule has 0 atom stereocenters. The van der Waals surface area contributed by atoms with E-state index >= 15 is 0 Å². The van der Waals surface area contributed by atoms with Crippen molar-refractivity contribution in [3.8, 4) is 11.3 Å². The summed E-state index contributed by atoms with van der Waals surface area (Å²) in [5.74, 6) is -1.91. The van der Waals surface area contributed by atoms with Gasteiger partial charge in [-0.15, -0.1) is 0 Å². The second-order valence-corrected chi connectivity index (χ2v) is 6.35. The summed E-state index contributed by atoms with van der Waals surface area (Å²) >= 11 is 0. The zero-order valence-corrected chi connectivity index (χ0v) is 15.7. The quantitative estimate of drug-likeness (QED) is 0.677. The van der Waals surface area contributed by atoms with Crippen molar-refractivity contribution >= 4 is 11.9 Å². The largest absolute Gasteiger partial charge is 0.490 e. The standard InChI is InChI=1S/C16H16N6O.C2HF3O2/c1-20-7-4-13(19-20)16(23)21-8-9-22-14(10-18-15(22)11-21)12-2-5-17-6-3-12;3-2(4,5)1(6)7/h2-7,10H,8-9,11H2,1H3;(H,6,7). The van der Waals surface area contributed by atoms with E-state index in [1.807, 2.05) is 18.3 Å². The number of hydrogen-bond donors (Lipinski definition) is 1. The first-order valence-electron chi connectivity index (χ1n) is 8.70. The number of carboxylic acids is 1. The Morgan fingerprint density at radius 2 is 1.80 bits per heavy atom. The second kappa shape index (κ2) is 8.35. The zero-order valence-electron chi connectivity index (χ0n) is 15.7. The van der Waals surface area contributed by atoms with Crippen LogP contribution in [0.15, 0.2) is 43.0 Å².